The molecular weight excluding hydrogens is 699 g/mol. The zero-order valence-electron chi connectivity index (χ0n) is 35.0. The standard InChI is InChI=1S/C32H32.C11H13N.2C7H8/c1-3-5-6-11-21-32(26-27(4-2)17-14-18-28-15-9-7-10-16-28)31-24-22-30(23-25-31)29-19-12-8-13-20-29;1-3-4-5-6-7-8-9-10-11-12-2;1-7-5-3-2-4-6-7;1-4-6-7(3)5-2/h5-26H,3-4H2,1-2H3;3-11H,1-2H2;2-6H,1H3;2,4,6H,1H2,3H3/b6-5+,18-14-,21-11+,27-17-,32-26+;5-4+,7-6+,9-8-,11-10-;;7-6-. The van der Waals surface area contributed by atoms with Crippen LogP contribution in [0.1, 0.15) is 50.3 Å². The topological polar surface area (TPSA) is 12.4 Å². The number of nitrogens with zero attached hydrogens (tertiary/aromatic N) is 1. The quantitative estimate of drug-likeness (QED) is 0.0650. The number of benzene rings is 4. The lowest BCUT2D eigenvalue weighted by Crippen LogP contribution is -1.85. The van der Waals surface area contributed by atoms with E-state index in [9.17, 15) is 0 Å². The van der Waals surface area contributed by atoms with Crippen LogP contribution in [0.15, 0.2) is 254 Å². The zero-order valence-corrected chi connectivity index (χ0v) is 35.0. The van der Waals surface area contributed by atoms with Crippen LogP contribution >= 0.6 is 0 Å². The summed E-state index contributed by atoms with van der Waals surface area (Å²) in [7, 11) is 0. The predicted molar refractivity (Wildman–Crippen MR) is 263 cm³/mol. The van der Waals surface area contributed by atoms with Crippen molar-refractivity contribution in [2.45, 2.75) is 40.5 Å². The van der Waals surface area contributed by atoms with Gasteiger partial charge in [0.1, 0.15) is 0 Å². The molecule has 0 aliphatic carbocycles. The summed E-state index contributed by atoms with van der Waals surface area (Å²) in [5, 5.41) is 0. The average molecular weight is 760 g/mol. The van der Waals surface area contributed by atoms with Crippen molar-refractivity contribution in [3.63, 3.8) is 0 Å². The summed E-state index contributed by atoms with van der Waals surface area (Å²) < 4.78 is 0. The molecule has 0 saturated heterocycles. The lowest BCUT2D eigenvalue weighted by atomic mass is 9.97. The molecule has 58 heavy (non-hydrogen) atoms. The van der Waals surface area contributed by atoms with Crippen molar-refractivity contribution < 1.29 is 0 Å². The molecule has 0 bridgehead atoms. The van der Waals surface area contributed by atoms with Crippen LogP contribution in [0.4, 0.5) is 0 Å². The van der Waals surface area contributed by atoms with E-state index in [4.69, 9.17) is 6.42 Å². The molecule has 0 atom stereocenters. The number of hydrogen-bond donors (Lipinski definition) is 0. The van der Waals surface area contributed by atoms with Crippen LogP contribution in [0.2, 0.25) is 0 Å². The van der Waals surface area contributed by atoms with E-state index in [0.29, 0.717) is 0 Å². The number of allylic oxidation sites excluding steroid dienone is 20. The maximum atomic E-state index is 4.99. The third kappa shape index (κ3) is 25.1. The minimum Gasteiger partial charge on any atom is -0.273 e. The van der Waals surface area contributed by atoms with Crippen molar-refractivity contribution in [3.05, 3.63) is 266 Å². The maximum absolute atomic E-state index is 4.99. The predicted octanol–water partition coefficient (Wildman–Crippen LogP) is 16.1. The van der Waals surface area contributed by atoms with Gasteiger partial charge in [0.2, 0.25) is 0 Å². The van der Waals surface area contributed by atoms with Gasteiger partial charge in [-0.2, -0.15) is 0 Å². The molecule has 0 N–H and O–H groups in total. The second-order valence-electron chi connectivity index (χ2n) is 12.4. The summed E-state index contributed by atoms with van der Waals surface area (Å²) in [6.07, 6.45) is 44.5. The monoisotopic (exact) mass is 759 g/mol. The van der Waals surface area contributed by atoms with Crippen molar-refractivity contribution in [2.24, 2.45) is 4.99 Å². The van der Waals surface area contributed by atoms with Gasteiger partial charge in [-0.15, -0.1) is 6.42 Å². The minimum absolute atomic E-state index is 0.912. The Hall–Kier alpha value is -7.01. The second kappa shape index (κ2) is 34.5. The third-order valence-corrected chi connectivity index (χ3v) is 7.76. The van der Waals surface area contributed by atoms with Gasteiger partial charge >= 0.3 is 0 Å². The molecule has 4 aromatic rings. The van der Waals surface area contributed by atoms with Gasteiger partial charge in [-0.25, -0.2) is 0 Å². The molecule has 4 rings (SSSR count). The van der Waals surface area contributed by atoms with Gasteiger partial charge in [0, 0.05) is 6.20 Å². The molecule has 0 aliphatic heterocycles. The van der Waals surface area contributed by atoms with Gasteiger partial charge in [-0.05, 0) is 78.5 Å². The number of hydrogen-bond acceptors (Lipinski definition) is 1. The smallest absolute Gasteiger partial charge is 0.0260 e. The highest BCUT2D eigenvalue weighted by atomic mass is 14.6. The van der Waals surface area contributed by atoms with Crippen LogP contribution in [-0.4, -0.2) is 6.72 Å². The summed E-state index contributed by atoms with van der Waals surface area (Å²) in [6.45, 7) is 18.6. The van der Waals surface area contributed by atoms with Crippen molar-refractivity contribution >= 4 is 18.4 Å². The van der Waals surface area contributed by atoms with Gasteiger partial charge in [-0.1, -0.05) is 257 Å². The normalized spacial score (nSPS) is 11.9. The molecular formula is C57H61N. The first-order valence-electron chi connectivity index (χ1n) is 19.6. The molecule has 0 amide bonds. The van der Waals surface area contributed by atoms with Crippen LogP contribution < -0.4 is 0 Å². The Morgan fingerprint density at radius 2 is 1.21 bits per heavy atom. The molecule has 1 heteroatoms. The Balaban J connectivity index is 0.000000523. The molecule has 0 radical (unpaired) electrons. The van der Waals surface area contributed by atoms with Crippen molar-refractivity contribution in [1.82, 2.24) is 0 Å². The van der Waals surface area contributed by atoms with E-state index in [1.807, 2.05) is 73.7 Å². The second-order valence-corrected chi connectivity index (χ2v) is 12.4. The highest BCUT2D eigenvalue weighted by Crippen LogP contribution is 2.25. The minimum atomic E-state index is 0.912. The fraction of sp³-hybridized carbons (Fsp3) is 0.105. The Labute approximate surface area is 351 Å². The molecule has 0 fully saturated rings. The molecule has 0 unspecified atom stereocenters. The van der Waals surface area contributed by atoms with Gasteiger partial charge in [0.05, 0.1) is 0 Å². The largest absolute Gasteiger partial charge is 0.273 e. The number of aliphatic imine (C=N–C) groups is 1. The first-order chi connectivity index (χ1) is 28.4. The number of aryl methyl sites for hydroxylation is 1. The molecule has 0 aliphatic rings. The molecule has 4 aromatic carbocycles. The zero-order chi connectivity index (χ0) is 42.3. The van der Waals surface area contributed by atoms with E-state index < -0.39 is 0 Å². The van der Waals surface area contributed by atoms with E-state index in [0.717, 1.165) is 18.4 Å². The van der Waals surface area contributed by atoms with Crippen LogP contribution in [0.5, 0.6) is 0 Å². The summed E-state index contributed by atoms with van der Waals surface area (Å²) in [5.74, 6) is 2.46. The van der Waals surface area contributed by atoms with Crippen LogP contribution in [0.25, 0.3) is 22.8 Å². The Morgan fingerprint density at radius 3 is 1.71 bits per heavy atom. The van der Waals surface area contributed by atoms with Gasteiger partial charge in [0.15, 0.2) is 0 Å². The lowest BCUT2D eigenvalue weighted by molar-refractivity contribution is 1.15. The van der Waals surface area contributed by atoms with Gasteiger partial charge in [0.25, 0.3) is 0 Å². The van der Waals surface area contributed by atoms with Crippen LogP contribution in [0.3, 0.4) is 0 Å². The summed E-state index contributed by atoms with van der Waals surface area (Å²) in [5.41, 5.74) is 9.65. The lowest BCUT2D eigenvalue weighted by Gasteiger charge is -2.07. The summed E-state index contributed by atoms with van der Waals surface area (Å²) in [6, 6.07) is 40.0. The van der Waals surface area contributed by atoms with E-state index in [-0.39, 0.29) is 0 Å². The highest BCUT2D eigenvalue weighted by molar-refractivity contribution is 5.78. The van der Waals surface area contributed by atoms with Crippen LogP contribution in [-0.2, 0) is 0 Å². The van der Waals surface area contributed by atoms with Crippen molar-refractivity contribution in [2.75, 3.05) is 0 Å². The van der Waals surface area contributed by atoms with E-state index >= 15 is 0 Å². The Bertz CT molecular complexity index is 2040. The maximum Gasteiger partial charge on any atom is 0.0260 e. The summed E-state index contributed by atoms with van der Waals surface area (Å²) in [4.78, 5) is 3.55. The Kier molecular flexibility index (Phi) is 29.1. The average Bonchev–Trinajstić information content (AvgIpc) is 3.27. The summed E-state index contributed by atoms with van der Waals surface area (Å²) >= 11 is 0. The van der Waals surface area contributed by atoms with Crippen LogP contribution in [0, 0.1) is 19.3 Å². The Morgan fingerprint density at radius 1 is 0.638 bits per heavy atom. The number of rotatable bonds is 15. The highest BCUT2D eigenvalue weighted by Gasteiger charge is 2.02. The first-order valence-corrected chi connectivity index (χ1v) is 19.6. The molecule has 0 spiro atoms. The SMILES string of the molecule is C#C/C(C)=C\C=C.C=C/C=C/C=C/C=C\C=C/N=C.CC/C=C/C=C/C(=C\C(=C/C=C\c1ccccc1)CC)c1ccc(-c2ccccc2)cc1.Cc1ccccc1. The number of terminal acetylenes is 1. The van der Waals surface area contributed by atoms with Crippen molar-refractivity contribution in [1.29, 1.82) is 0 Å². The van der Waals surface area contributed by atoms with E-state index in [2.05, 4.69) is 191 Å². The van der Waals surface area contributed by atoms with E-state index in [1.165, 1.54) is 39.0 Å². The molecule has 1 nitrogen and oxygen atoms in total. The van der Waals surface area contributed by atoms with E-state index in [1.54, 1.807) is 24.4 Å². The van der Waals surface area contributed by atoms with Crippen molar-refractivity contribution in [3.8, 4) is 23.5 Å². The fourth-order valence-electron chi connectivity index (χ4n) is 4.67. The molecule has 294 valence electrons. The molecule has 0 aromatic heterocycles. The first kappa shape index (κ1) is 49.0. The molecule has 0 heterocycles. The third-order valence-electron chi connectivity index (χ3n) is 7.76. The van der Waals surface area contributed by atoms with Gasteiger partial charge in [-0.3, -0.25) is 4.99 Å². The van der Waals surface area contributed by atoms with Gasteiger partial charge < -0.3 is 0 Å². The molecule has 0 saturated carbocycles. The fourth-order valence-corrected chi connectivity index (χ4v) is 4.67.